The van der Waals surface area contributed by atoms with Gasteiger partial charge in [0.25, 0.3) is 0 Å². The number of hydrogen-bond donors (Lipinski definition) is 0. The summed E-state index contributed by atoms with van der Waals surface area (Å²) in [5.74, 6) is 1.06. The molecule has 2 fully saturated rings. The number of rotatable bonds is 8. The zero-order valence-corrected chi connectivity index (χ0v) is 20.5. The Kier molecular flexibility index (Phi) is 6.89. The molecule has 0 saturated carbocycles. The molecule has 32 heavy (non-hydrogen) atoms. The molecule has 4 rings (SSSR count). The second kappa shape index (κ2) is 9.65. The van der Waals surface area contributed by atoms with Crippen LogP contribution in [0.15, 0.2) is 39.5 Å². The quantitative estimate of drug-likeness (QED) is 0.457. The minimum atomic E-state index is 0.432. The van der Waals surface area contributed by atoms with Crippen LogP contribution in [-0.2, 0) is 6.42 Å². The summed E-state index contributed by atoms with van der Waals surface area (Å²) in [6.07, 6.45) is 6.13. The zero-order chi connectivity index (χ0) is 22.7. The summed E-state index contributed by atoms with van der Waals surface area (Å²) in [4.78, 5) is 16.2. The third kappa shape index (κ3) is 4.85. The van der Waals surface area contributed by atoms with E-state index in [0.717, 1.165) is 49.7 Å². The Morgan fingerprint density at radius 1 is 1.19 bits per heavy atom. The Balaban J connectivity index is 1.20. The standard InChI is InChI=1S/C26H39N5O/c1-6-23-8-9-24-25(12-23)32-14-21(3)31(24)11-7-10-29-15-26(16-29)17-30(18-26)19-28-22(4)20(2)13-27-5/h8-9,12-13,19,21H,6-7,10-11,14-18H2,1-5H3/b22-20-,27-13?,28-19?. The molecule has 6 nitrogen and oxygen atoms in total. The van der Waals surface area contributed by atoms with Gasteiger partial charge in [0, 0.05) is 57.1 Å². The zero-order valence-electron chi connectivity index (χ0n) is 20.5. The lowest BCUT2D eigenvalue weighted by molar-refractivity contribution is -0.0843. The highest BCUT2D eigenvalue weighted by Gasteiger charge is 2.50. The molecule has 0 bridgehead atoms. The number of allylic oxidation sites excluding steroid dienone is 2. The van der Waals surface area contributed by atoms with Crippen LogP contribution in [0, 0.1) is 5.41 Å². The van der Waals surface area contributed by atoms with E-state index in [0.29, 0.717) is 11.5 Å². The lowest BCUT2D eigenvalue weighted by atomic mass is 9.73. The van der Waals surface area contributed by atoms with Gasteiger partial charge >= 0.3 is 0 Å². The number of benzene rings is 1. The number of aryl methyl sites for hydroxylation is 1. The van der Waals surface area contributed by atoms with Crippen molar-refractivity contribution in [1.82, 2.24) is 9.80 Å². The first-order chi connectivity index (χ1) is 15.4. The molecule has 2 saturated heterocycles. The van der Waals surface area contributed by atoms with Crippen LogP contribution in [0.3, 0.4) is 0 Å². The average Bonchev–Trinajstić information content (AvgIpc) is 2.74. The van der Waals surface area contributed by atoms with E-state index in [-0.39, 0.29) is 0 Å². The maximum absolute atomic E-state index is 6.01. The van der Waals surface area contributed by atoms with E-state index in [4.69, 9.17) is 4.74 Å². The molecular formula is C26H39N5O. The first-order valence-corrected chi connectivity index (χ1v) is 12.1. The molecule has 1 unspecified atom stereocenters. The third-order valence-corrected chi connectivity index (χ3v) is 7.13. The minimum Gasteiger partial charge on any atom is -0.489 e. The fraction of sp³-hybridized carbons (Fsp3) is 0.615. The molecule has 3 heterocycles. The summed E-state index contributed by atoms with van der Waals surface area (Å²) in [6.45, 7) is 16.3. The number of aliphatic imine (C=N–C) groups is 2. The van der Waals surface area contributed by atoms with Crippen LogP contribution in [0.2, 0.25) is 0 Å². The molecule has 1 atom stereocenters. The van der Waals surface area contributed by atoms with E-state index >= 15 is 0 Å². The van der Waals surface area contributed by atoms with Gasteiger partial charge < -0.3 is 19.4 Å². The Hall–Kier alpha value is -2.34. The largest absolute Gasteiger partial charge is 0.489 e. The maximum atomic E-state index is 6.01. The normalized spacial score (nSPS) is 23.2. The van der Waals surface area contributed by atoms with Crippen LogP contribution in [0.4, 0.5) is 5.69 Å². The van der Waals surface area contributed by atoms with E-state index in [2.05, 4.69) is 63.7 Å². The lowest BCUT2D eigenvalue weighted by Gasteiger charge is -2.60. The van der Waals surface area contributed by atoms with Crippen LogP contribution in [-0.4, -0.2) is 81.3 Å². The fourth-order valence-electron chi connectivity index (χ4n) is 5.19. The van der Waals surface area contributed by atoms with Crippen molar-refractivity contribution in [1.29, 1.82) is 0 Å². The Morgan fingerprint density at radius 3 is 2.69 bits per heavy atom. The van der Waals surface area contributed by atoms with Gasteiger partial charge in [-0.15, -0.1) is 0 Å². The van der Waals surface area contributed by atoms with Crippen molar-refractivity contribution in [3.05, 3.63) is 35.0 Å². The summed E-state index contributed by atoms with van der Waals surface area (Å²) in [5, 5.41) is 0. The summed E-state index contributed by atoms with van der Waals surface area (Å²) >= 11 is 0. The monoisotopic (exact) mass is 437 g/mol. The smallest absolute Gasteiger partial charge is 0.142 e. The van der Waals surface area contributed by atoms with Crippen LogP contribution in [0.1, 0.15) is 39.7 Å². The molecule has 0 aromatic heterocycles. The molecule has 1 spiro atoms. The highest BCUT2D eigenvalue weighted by atomic mass is 16.5. The lowest BCUT2D eigenvalue weighted by Crippen LogP contribution is -2.71. The van der Waals surface area contributed by atoms with Crippen molar-refractivity contribution in [2.75, 3.05) is 57.8 Å². The number of nitrogens with zero attached hydrogens (tertiary/aromatic N) is 5. The van der Waals surface area contributed by atoms with Crippen molar-refractivity contribution in [2.24, 2.45) is 15.4 Å². The van der Waals surface area contributed by atoms with Crippen LogP contribution < -0.4 is 9.64 Å². The van der Waals surface area contributed by atoms with Gasteiger partial charge in [-0.05, 0) is 63.4 Å². The van der Waals surface area contributed by atoms with Crippen LogP contribution in [0.25, 0.3) is 0 Å². The van der Waals surface area contributed by atoms with Gasteiger partial charge in [0.05, 0.1) is 18.1 Å². The fourth-order valence-corrected chi connectivity index (χ4v) is 5.19. The second-order valence-corrected chi connectivity index (χ2v) is 9.88. The minimum absolute atomic E-state index is 0.432. The summed E-state index contributed by atoms with van der Waals surface area (Å²) in [7, 11) is 1.80. The van der Waals surface area contributed by atoms with E-state index in [1.165, 1.54) is 37.3 Å². The molecule has 1 aromatic carbocycles. The molecule has 3 aliphatic rings. The van der Waals surface area contributed by atoms with Crippen molar-refractivity contribution in [3.8, 4) is 5.75 Å². The average molecular weight is 438 g/mol. The first-order valence-electron chi connectivity index (χ1n) is 12.1. The van der Waals surface area contributed by atoms with Crippen molar-refractivity contribution in [2.45, 2.75) is 46.6 Å². The van der Waals surface area contributed by atoms with E-state index in [9.17, 15) is 0 Å². The molecule has 174 valence electrons. The van der Waals surface area contributed by atoms with Gasteiger partial charge in [-0.2, -0.15) is 0 Å². The van der Waals surface area contributed by atoms with Crippen LogP contribution >= 0.6 is 0 Å². The van der Waals surface area contributed by atoms with E-state index in [1.807, 2.05) is 19.5 Å². The highest BCUT2D eigenvalue weighted by Crippen LogP contribution is 2.39. The number of fused-ring (bicyclic) bond motifs is 1. The summed E-state index contributed by atoms with van der Waals surface area (Å²) in [6, 6.07) is 7.14. The van der Waals surface area contributed by atoms with Gasteiger partial charge in [0.1, 0.15) is 12.4 Å². The predicted octanol–water partition coefficient (Wildman–Crippen LogP) is 3.87. The molecule has 0 aliphatic carbocycles. The Morgan fingerprint density at radius 2 is 1.97 bits per heavy atom. The van der Waals surface area contributed by atoms with Crippen molar-refractivity contribution >= 4 is 18.2 Å². The molecule has 1 aromatic rings. The third-order valence-electron chi connectivity index (χ3n) is 7.13. The van der Waals surface area contributed by atoms with Gasteiger partial charge in [0.2, 0.25) is 0 Å². The Bertz CT molecular complexity index is 891. The molecule has 3 aliphatic heterocycles. The first kappa shape index (κ1) is 22.8. The van der Waals surface area contributed by atoms with Gasteiger partial charge in [0.15, 0.2) is 0 Å². The topological polar surface area (TPSA) is 43.7 Å². The molecular weight excluding hydrogens is 398 g/mol. The van der Waals surface area contributed by atoms with Crippen molar-refractivity contribution < 1.29 is 4.74 Å². The van der Waals surface area contributed by atoms with Crippen molar-refractivity contribution in [3.63, 3.8) is 0 Å². The number of ether oxygens (including phenoxy) is 1. The number of likely N-dealkylation sites (tertiary alicyclic amines) is 2. The predicted molar refractivity (Wildman–Crippen MR) is 134 cm³/mol. The second-order valence-electron chi connectivity index (χ2n) is 9.88. The number of hydrogen-bond acceptors (Lipinski definition) is 5. The van der Waals surface area contributed by atoms with E-state index in [1.54, 1.807) is 7.05 Å². The van der Waals surface area contributed by atoms with Crippen LogP contribution in [0.5, 0.6) is 5.75 Å². The Labute approximate surface area is 193 Å². The number of anilines is 1. The molecule has 0 N–H and O–H groups in total. The SMILES string of the molecule is CCc1ccc2c(c1)OCC(C)N2CCCN1CC2(CN(C=N/C(C)=C(/C)C=NC)C2)C1. The molecule has 6 heteroatoms. The van der Waals surface area contributed by atoms with Gasteiger partial charge in [-0.3, -0.25) is 4.99 Å². The molecule has 0 amide bonds. The highest BCUT2D eigenvalue weighted by molar-refractivity contribution is 5.79. The maximum Gasteiger partial charge on any atom is 0.142 e. The summed E-state index contributed by atoms with van der Waals surface area (Å²) in [5.41, 5.74) is 5.27. The summed E-state index contributed by atoms with van der Waals surface area (Å²) < 4.78 is 6.01. The van der Waals surface area contributed by atoms with E-state index < -0.39 is 0 Å². The molecule has 0 radical (unpaired) electrons. The van der Waals surface area contributed by atoms with Gasteiger partial charge in [-0.1, -0.05) is 13.0 Å². The van der Waals surface area contributed by atoms with Gasteiger partial charge in [-0.25, -0.2) is 4.99 Å².